The van der Waals surface area contributed by atoms with E-state index in [1.54, 1.807) is 6.20 Å². The Hall–Kier alpha value is -2.38. The molecule has 1 aliphatic rings. The van der Waals surface area contributed by atoms with Crippen molar-refractivity contribution >= 4 is 5.69 Å². The van der Waals surface area contributed by atoms with Crippen molar-refractivity contribution < 1.29 is 4.74 Å². The number of ether oxygens (including phenoxy) is 1. The van der Waals surface area contributed by atoms with Crippen LogP contribution < -0.4 is 15.2 Å². The van der Waals surface area contributed by atoms with Gasteiger partial charge < -0.3 is 14.5 Å². The van der Waals surface area contributed by atoms with Crippen LogP contribution in [0.15, 0.2) is 41.3 Å². The van der Waals surface area contributed by atoms with Gasteiger partial charge in [0, 0.05) is 32.7 Å². The van der Waals surface area contributed by atoms with E-state index in [0.717, 1.165) is 50.6 Å². The number of hydrogen-bond donors (Lipinski definition) is 0. The standard InChI is InChI=1S/C24H37N5O2/c1-24(2,3)11-12-27-13-15-28(16-14-27)21-19-25-29(20-9-7-6-8-10-20)23(30)22(21)31-18-17-26(4)5/h6-10,19H,11-18H2,1-5H3. The van der Waals surface area contributed by atoms with Crippen LogP contribution in [0.25, 0.3) is 5.69 Å². The van der Waals surface area contributed by atoms with Crippen LogP contribution in [-0.2, 0) is 0 Å². The lowest BCUT2D eigenvalue weighted by atomic mass is 9.92. The molecule has 7 heteroatoms. The molecule has 0 bridgehead atoms. The zero-order chi connectivity index (χ0) is 22.4. The first-order chi connectivity index (χ1) is 14.7. The highest BCUT2D eigenvalue weighted by Crippen LogP contribution is 2.26. The van der Waals surface area contributed by atoms with E-state index in [0.29, 0.717) is 17.8 Å². The van der Waals surface area contributed by atoms with Gasteiger partial charge in [-0.05, 0) is 44.6 Å². The number of piperazine rings is 1. The van der Waals surface area contributed by atoms with Gasteiger partial charge in [-0.1, -0.05) is 39.0 Å². The van der Waals surface area contributed by atoms with Crippen LogP contribution in [0, 0.1) is 5.41 Å². The van der Waals surface area contributed by atoms with Crippen LogP contribution in [0.5, 0.6) is 5.75 Å². The SMILES string of the molecule is CN(C)CCOc1c(N2CCN(CCC(C)(C)C)CC2)cnn(-c2ccccc2)c1=O. The average Bonchev–Trinajstić information content (AvgIpc) is 2.73. The van der Waals surface area contributed by atoms with Crippen molar-refractivity contribution in [1.29, 1.82) is 0 Å². The van der Waals surface area contributed by atoms with Gasteiger partial charge >= 0.3 is 5.56 Å². The van der Waals surface area contributed by atoms with E-state index in [1.165, 1.54) is 11.1 Å². The molecule has 0 spiro atoms. The molecule has 3 rings (SSSR count). The van der Waals surface area contributed by atoms with E-state index < -0.39 is 0 Å². The number of para-hydroxylation sites is 1. The Balaban J connectivity index is 1.79. The summed E-state index contributed by atoms with van der Waals surface area (Å²) in [5, 5.41) is 4.47. The predicted octanol–water partition coefficient (Wildman–Crippen LogP) is 2.73. The van der Waals surface area contributed by atoms with Gasteiger partial charge in [0.1, 0.15) is 12.3 Å². The van der Waals surface area contributed by atoms with Crippen LogP contribution in [-0.4, -0.2) is 79.6 Å². The summed E-state index contributed by atoms with van der Waals surface area (Å²) >= 11 is 0. The number of rotatable bonds is 8. The minimum Gasteiger partial charge on any atom is -0.485 e. The summed E-state index contributed by atoms with van der Waals surface area (Å²) in [6.45, 7) is 12.9. The van der Waals surface area contributed by atoms with E-state index in [1.807, 2.05) is 49.3 Å². The summed E-state index contributed by atoms with van der Waals surface area (Å²) in [7, 11) is 3.99. The summed E-state index contributed by atoms with van der Waals surface area (Å²) in [6.07, 6.45) is 2.96. The first-order valence-corrected chi connectivity index (χ1v) is 11.2. The van der Waals surface area contributed by atoms with Gasteiger partial charge in [-0.25, -0.2) is 0 Å². The average molecular weight is 428 g/mol. The zero-order valence-corrected chi connectivity index (χ0v) is 19.7. The summed E-state index contributed by atoms with van der Waals surface area (Å²) in [4.78, 5) is 20.1. The lowest BCUT2D eigenvalue weighted by Gasteiger charge is -2.37. The number of hydrogen-bond acceptors (Lipinski definition) is 6. The van der Waals surface area contributed by atoms with Crippen molar-refractivity contribution in [2.75, 3.05) is 64.9 Å². The molecule has 1 fully saturated rings. The third-order valence-corrected chi connectivity index (χ3v) is 5.59. The number of nitrogens with zero attached hydrogens (tertiary/aromatic N) is 5. The van der Waals surface area contributed by atoms with Crippen molar-refractivity contribution in [2.24, 2.45) is 5.41 Å². The summed E-state index contributed by atoms with van der Waals surface area (Å²) in [5.74, 6) is 0.392. The molecule has 0 saturated carbocycles. The summed E-state index contributed by atoms with van der Waals surface area (Å²) in [6, 6.07) is 9.50. The smallest absolute Gasteiger partial charge is 0.316 e. The lowest BCUT2D eigenvalue weighted by molar-refractivity contribution is 0.216. The third-order valence-electron chi connectivity index (χ3n) is 5.59. The van der Waals surface area contributed by atoms with E-state index in [2.05, 4.69) is 35.7 Å². The highest BCUT2D eigenvalue weighted by atomic mass is 16.5. The summed E-state index contributed by atoms with van der Waals surface area (Å²) < 4.78 is 7.47. The van der Waals surface area contributed by atoms with Crippen LogP contribution in [0.2, 0.25) is 0 Å². The van der Waals surface area contributed by atoms with Crippen LogP contribution in [0.4, 0.5) is 5.69 Å². The molecular weight excluding hydrogens is 390 g/mol. The van der Waals surface area contributed by atoms with Gasteiger partial charge in [0.2, 0.25) is 5.75 Å². The second kappa shape index (κ2) is 10.3. The Kier molecular flexibility index (Phi) is 7.73. The van der Waals surface area contributed by atoms with Crippen molar-refractivity contribution in [1.82, 2.24) is 19.6 Å². The van der Waals surface area contributed by atoms with Crippen molar-refractivity contribution in [3.8, 4) is 11.4 Å². The fourth-order valence-corrected chi connectivity index (χ4v) is 3.58. The number of likely N-dealkylation sites (N-methyl/N-ethyl adjacent to an activating group) is 1. The minimum absolute atomic E-state index is 0.211. The van der Waals surface area contributed by atoms with Crippen molar-refractivity contribution in [2.45, 2.75) is 27.2 Å². The van der Waals surface area contributed by atoms with Gasteiger partial charge in [-0.2, -0.15) is 9.78 Å². The highest BCUT2D eigenvalue weighted by Gasteiger charge is 2.24. The number of benzene rings is 1. The van der Waals surface area contributed by atoms with Crippen molar-refractivity contribution in [3.63, 3.8) is 0 Å². The Bertz CT molecular complexity index is 881. The minimum atomic E-state index is -0.211. The summed E-state index contributed by atoms with van der Waals surface area (Å²) in [5.41, 5.74) is 1.67. The molecule has 2 aromatic rings. The molecule has 0 aliphatic carbocycles. The molecule has 31 heavy (non-hydrogen) atoms. The molecule has 0 amide bonds. The molecule has 1 saturated heterocycles. The van der Waals surface area contributed by atoms with Gasteiger partial charge in [0.05, 0.1) is 11.9 Å². The Morgan fingerprint density at radius 3 is 2.35 bits per heavy atom. The molecule has 170 valence electrons. The van der Waals surface area contributed by atoms with E-state index >= 15 is 0 Å². The topological polar surface area (TPSA) is 53.8 Å². The first-order valence-electron chi connectivity index (χ1n) is 11.2. The first kappa shape index (κ1) is 23.3. The van der Waals surface area contributed by atoms with Crippen LogP contribution in [0.1, 0.15) is 27.2 Å². The fraction of sp³-hybridized carbons (Fsp3) is 0.583. The van der Waals surface area contributed by atoms with Crippen LogP contribution >= 0.6 is 0 Å². The maximum atomic E-state index is 13.3. The normalized spacial score (nSPS) is 15.5. The second-order valence-corrected chi connectivity index (χ2v) is 9.70. The monoisotopic (exact) mass is 427 g/mol. The quantitative estimate of drug-likeness (QED) is 0.646. The molecule has 2 heterocycles. The molecule has 1 aromatic heterocycles. The lowest BCUT2D eigenvalue weighted by Crippen LogP contribution is -2.47. The molecule has 0 radical (unpaired) electrons. The molecule has 0 unspecified atom stereocenters. The molecule has 7 nitrogen and oxygen atoms in total. The Morgan fingerprint density at radius 2 is 1.74 bits per heavy atom. The second-order valence-electron chi connectivity index (χ2n) is 9.70. The van der Waals surface area contributed by atoms with E-state index in [9.17, 15) is 4.79 Å². The molecular formula is C24H37N5O2. The number of aromatic nitrogens is 2. The zero-order valence-electron chi connectivity index (χ0n) is 19.7. The number of anilines is 1. The van der Waals surface area contributed by atoms with Gasteiger partial charge in [0.25, 0.3) is 0 Å². The van der Waals surface area contributed by atoms with E-state index in [4.69, 9.17) is 4.74 Å². The van der Waals surface area contributed by atoms with Crippen molar-refractivity contribution in [3.05, 3.63) is 46.9 Å². The Labute approximate surface area is 186 Å². The van der Waals surface area contributed by atoms with Gasteiger partial charge in [-0.3, -0.25) is 9.69 Å². The molecule has 1 aromatic carbocycles. The Morgan fingerprint density at radius 1 is 1.06 bits per heavy atom. The van der Waals surface area contributed by atoms with Gasteiger partial charge in [-0.15, -0.1) is 0 Å². The fourth-order valence-electron chi connectivity index (χ4n) is 3.58. The maximum absolute atomic E-state index is 13.3. The van der Waals surface area contributed by atoms with E-state index in [-0.39, 0.29) is 5.56 Å². The highest BCUT2D eigenvalue weighted by molar-refractivity contribution is 5.57. The largest absolute Gasteiger partial charge is 0.485 e. The third kappa shape index (κ3) is 6.55. The van der Waals surface area contributed by atoms with Crippen LogP contribution in [0.3, 0.4) is 0 Å². The molecule has 0 atom stereocenters. The van der Waals surface area contributed by atoms with Gasteiger partial charge in [0.15, 0.2) is 0 Å². The maximum Gasteiger partial charge on any atom is 0.316 e. The molecule has 1 aliphatic heterocycles. The molecule has 0 N–H and O–H groups in total. The predicted molar refractivity (Wildman–Crippen MR) is 127 cm³/mol.